The van der Waals surface area contributed by atoms with E-state index in [4.69, 9.17) is 28.9 Å². The second kappa shape index (κ2) is 4.82. The number of halogens is 2. The van der Waals surface area contributed by atoms with Gasteiger partial charge in [0, 0.05) is 23.2 Å². The average Bonchev–Trinajstić information content (AvgIpc) is 2.59. The fourth-order valence-corrected chi connectivity index (χ4v) is 2.38. The molecule has 1 aromatic carbocycles. The van der Waals surface area contributed by atoms with Gasteiger partial charge in [-0.3, -0.25) is 4.68 Å². The fraction of sp³-hybridized carbons (Fsp3) is 0.308. The van der Waals surface area contributed by atoms with E-state index in [1.54, 1.807) is 16.8 Å². The molecule has 5 heteroatoms. The van der Waals surface area contributed by atoms with Crippen LogP contribution in [0.15, 0.2) is 18.2 Å². The maximum atomic E-state index is 6.22. The zero-order valence-electron chi connectivity index (χ0n) is 10.5. The Balaban J connectivity index is 2.71. The SMILES string of the molecule is CC(C)c1c(-c2cc(Cl)ccc2Cl)nn(C)c1N. The molecule has 0 bridgehead atoms. The number of rotatable bonds is 2. The van der Waals surface area contributed by atoms with Crippen LogP contribution in [0.4, 0.5) is 5.82 Å². The van der Waals surface area contributed by atoms with Gasteiger partial charge < -0.3 is 5.73 Å². The summed E-state index contributed by atoms with van der Waals surface area (Å²) in [6.07, 6.45) is 0. The maximum Gasteiger partial charge on any atom is 0.125 e. The molecule has 0 saturated carbocycles. The molecule has 0 atom stereocenters. The highest BCUT2D eigenvalue weighted by Gasteiger charge is 2.20. The van der Waals surface area contributed by atoms with Crippen LogP contribution in [-0.4, -0.2) is 9.78 Å². The fourth-order valence-electron chi connectivity index (χ4n) is 2.00. The zero-order chi connectivity index (χ0) is 13.4. The first kappa shape index (κ1) is 13.2. The molecule has 96 valence electrons. The van der Waals surface area contributed by atoms with E-state index in [0.717, 1.165) is 16.8 Å². The molecule has 2 aromatic rings. The molecule has 0 saturated heterocycles. The molecule has 1 heterocycles. The van der Waals surface area contributed by atoms with Crippen LogP contribution in [0.1, 0.15) is 25.3 Å². The van der Waals surface area contributed by atoms with Gasteiger partial charge in [-0.2, -0.15) is 5.10 Å². The Kier molecular flexibility index (Phi) is 3.55. The largest absolute Gasteiger partial charge is 0.384 e. The van der Waals surface area contributed by atoms with Gasteiger partial charge in [-0.25, -0.2) is 0 Å². The monoisotopic (exact) mass is 283 g/mol. The molecule has 0 aliphatic rings. The van der Waals surface area contributed by atoms with E-state index in [1.165, 1.54) is 0 Å². The van der Waals surface area contributed by atoms with E-state index in [0.29, 0.717) is 15.9 Å². The predicted molar refractivity (Wildman–Crippen MR) is 77.2 cm³/mol. The van der Waals surface area contributed by atoms with Gasteiger partial charge in [0.25, 0.3) is 0 Å². The summed E-state index contributed by atoms with van der Waals surface area (Å²) in [5.41, 5.74) is 8.68. The van der Waals surface area contributed by atoms with Gasteiger partial charge in [0.2, 0.25) is 0 Å². The number of nitrogens with two attached hydrogens (primary N) is 1. The summed E-state index contributed by atoms with van der Waals surface area (Å²) in [6.45, 7) is 4.16. The van der Waals surface area contributed by atoms with Gasteiger partial charge >= 0.3 is 0 Å². The first-order chi connectivity index (χ1) is 8.41. The lowest BCUT2D eigenvalue weighted by Gasteiger charge is -2.08. The van der Waals surface area contributed by atoms with E-state index in [1.807, 2.05) is 13.1 Å². The second-order valence-corrected chi connectivity index (χ2v) is 5.39. The van der Waals surface area contributed by atoms with Gasteiger partial charge in [0.05, 0.1) is 10.7 Å². The summed E-state index contributed by atoms with van der Waals surface area (Å²) < 4.78 is 1.67. The van der Waals surface area contributed by atoms with Crippen molar-refractivity contribution in [2.24, 2.45) is 7.05 Å². The summed E-state index contributed by atoms with van der Waals surface area (Å²) in [5.74, 6) is 0.930. The van der Waals surface area contributed by atoms with Gasteiger partial charge in [-0.15, -0.1) is 0 Å². The van der Waals surface area contributed by atoms with Crippen molar-refractivity contribution >= 4 is 29.0 Å². The molecule has 0 amide bonds. The molecule has 0 fully saturated rings. The molecule has 0 spiro atoms. The molecule has 0 unspecified atom stereocenters. The third kappa shape index (κ3) is 2.20. The van der Waals surface area contributed by atoms with Crippen LogP contribution in [0.25, 0.3) is 11.3 Å². The van der Waals surface area contributed by atoms with Crippen molar-refractivity contribution in [3.8, 4) is 11.3 Å². The van der Waals surface area contributed by atoms with Crippen molar-refractivity contribution in [2.45, 2.75) is 19.8 Å². The van der Waals surface area contributed by atoms with Crippen LogP contribution in [0, 0.1) is 0 Å². The number of hydrogen-bond donors (Lipinski definition) is 1. The number of anilines is 1. The Morgan fingerprint density at radius 1 is 1.28 bits per heavy atom. The van der Waals surface area contributed by atoms with Crippen LogP contribution >= 0.6 is 23.2 Å². The Bertz CT molecular complexity index is 588. The normalized spacial score (nSPS) is 11.2. The smallest absolute Gasteiger partial charge is 0.125 e. The first-order valence-corrected chi connectivity index (χ1v) is 6.45. The lowest BCUT2D eigenvalue weighted by molar-refractivity contribution is 0.780. The van der Waals surface area contributed by atoms with Gasteiger partial charge in [0.1, 0.15) is 5.82 Å². The van der Waals surface area contributed by atoms with Crippen LogP contribution < -0.4 is 5.73 Å². The summed E-state index contributed by atoms with van der Waals surface area (Å²) in [6, 6.07) is 5.35. The van der Waals surface area contributed by atoms with Crippen LogP contribution in [-0.2, 0) is 7.05 Å². The number of aryl methyl sites for hydroxylation is 1. The Labute approximate surface area is 117 Å². The molecular formula is C13H15Cl2N3. The lowest BCUT2D eigenvalue weighted by Crippen LogP contribution is -2.00. The maximum absolute atomic E-state index is 6.22. The summed E-state index contributed by atoms with van der Waals surface area (Å²) in [4.78, 5) is 0. The molecule has 2 N–H and O–H groups in total. The van der Waals surface area contributed by atoms with Crippen molar-refractivity contribution in [1.82, 2.24) is 9.78 Å². The predicted octanol–water partition coefficient (Wildman–Crippen LogP) is 4.10. The van der Waals surface area contributed by atoms with E-state index in [9.17, 15) is 0 Å². The zero-order valence-corrected chi connectivity index (χ0v) is 12.0. The second-order valence-electron chi connectivity index (χ2n) is 4.55. The highest BCUT2D eigenvalue weighted by Crippen LogP contribution is 2.37. The standard InChI is InChI=1S/C13H15Cl2N3/c1-7(2)11-12(17-18(3)13(11)16)9-6-8(14)4-5-10(9)15/h4-7H,16H2,1-3H3. The Morgan fingerprint density at radius 2 is 1.94 bits per heavy atom. The Hall–Kier alpha value is -1.19. The van der Waals surface area contributed by atoms with Gasteiger partial charge in [-0.05, 0) is 24.1 Å². The number of nitrogens with zero attached hydrogens (tertiary/aromatic N) is 2. The average molecular weight is 284 g/mol. The third-order valence-electron chi connectivity index (χ3n) is 2.89. The Morgan fingerprint density at radius 3 is 2.56 bits per heavy atom. The van der Waals surface area contributed by atoms with Crippen LogP contribution in [0.3, 0.4) is 0 Å². The highest BCUT2D eigenvalue weighted by atomic mass is 35.5. The number of aromatic nitrogens is 2. The number of nitrogen functional groups attached to an aromatic ring is 1. The van der Waals surface area contributed by atoms with Crippen LogP contribution in [0.2, 0.25) is 10.0 Å². The van der Waals surface area contributed by atoms with Crippen molar-refractivity contribution in [1.29, 1.82) is 0 Å². The topological polar surface area (TPSA) is 43.8 Å². The quantitative estimate of drug-likeness (QED) is 0.902. The molecule has 0 aliphatic carbocycles. The summed E-state index contributed by atoms with van der Waals surface area (Å²) in [5, 5.41) is 5.71. The van der Waals surface area contributed by atoms with E-state index < -0.39 is 0 Å². The molecule has 1 aromatic heterocycles. The first-order valence-electron chi connectivity index (χ1n) is 5.69. The summed E-state index contributed by atoms with van der Waals surface area (Å²) >= 11 is 12.2. The highest BCUT2D eigenvalue weighted by molar-refractivity contribution is 6.35. The minimum absolute atomic E-state index is 0.267. The summed E-state index contributed by atoms with van der Waals surface area (Å²) in [7, 11) is 1.82. The minimum Gasteiger partial charge on any atom is -0.384 e. The molecule has 3 nitrogen and oxygen atoms in total. The molecular weight excluding hydrogens is 269 g/mol. The minimum atomic E-state index is 0.267. The van der Waals surface area contributed by atoms with Crippen molar-refractivity contribution in [3.63, 3.8) is 0 Å². The van der Waals surface area contributed by atoms with E-state index in [-0.39, 0.29) is 5.92 Å². The molecule has 0 aliphatic heterocycles. The lowest BCUT2D eigenvalue weighted by atomic mass is 9.98. The van der Waals surface area contributed by atoms with E-state index in [2.05, 4.69) is 18.9 Å². The number of benzene rings is 1. The van der Waals surface area contributed by atoms with E-state index >= 15 is 0 Å². The van der Waals surface area contributed by atoms with Crippen LogP contribution in [0.5, 0.6) is 0 Å². The molecule has 2 rings (SSSR count). The number of hydrogen-bond acceptors (Lipinski definition) is 2. The van der Waals surface area contributed by atoms with Crippen molar-refractivity contribution in [3.05, 3.63) is 33.8 Å². The molecule has 18 heavy (non-hydrogen) atoms. The van der Waals surface area contributed by atoms with Gasteiger partial charge in [-0.1, -0.05) is 37.0 Å². The third-order valence-corrected chi connectivity index (χ3v) is 3.46. The molecule has 0 radical (unpaired) electrons. The van der Waals surface area contributed by atoms with Gasteiger partial charge in [0.15, 0.2) is 0 Å². The van der Waals surface area contributed by atoms with Crippen molar-refractivity contribution in [2.75, 3.05) is 5.73 Å². The van der Waals surface area contributed by atoms with Crippen molar-refractivity contribution < 1.29 is 0 Å².